The van der Waals surface area contributed by atoms with E-state index in [9.17, 15) is 13.2 Å². The van der Waals surface area contributed by atoms with Gasteiger partial charge in [-0.3, -0.25) is 4.79 Å². The molecule has 1 aromatic heterocycles. The van der Waals surface area contributed by atoms with E-state index in [1.54, 1.807) is 18.2 Å². The highest BCUT2D eigenvalue weighted by molar-refractivity contribution is 7.89. The van der Waals surface area contributed by atoms with E-state index in [4.69, 9.17) is 4.74 Å². The number of carbonyl (C=O) groups excluding carboxylic acids is 1. The molecule has 1 amide bonds. The number of hydrogen-bond donors (Lipinski definition) is 2. The second-order valence-corrected chi connectivity index (χ2v) is 9.62. The van der Waals surface area contributed by atoms with Crippen molar-refractivity contribution >= 4 is 32.4 Å². The van der Waals surface area contributed by atoms with Gasteiger partial charge in [-0.2, -0.15) is 0 Å². The standard InChI is InChI=1S/C19H25N3O4S2/c1-12-18(27-19(20-12)21-13(2)23)14-9-10-16(26-3)17(11-14)28(24,25)22-15-7-5-4-6-8-15/h9-11,15,22H,4-8H2,1-3H3,(H,20,21,23). The van der Waals surface area contributed by atoms with E-state index in [0.717, 1.165) is 48.2 Å². The maximum absolute atomic E-state index is 13.0. The Bertz CT molecular complexity index is 964. The van der Waals surface area contributed by atoms with Crippen LogP contribution in [0.15, 0.2) is 23.1 Å². The Morgan fingerprint density at radius 1 is 1.25 bits per heavy atom. The van der Waals surface area contributed by atoms with Crippen molar-refractivity contribution < 1.29 is 17.9 Å². The monoisotopic (exact) mass is 423 g/mol. The number of aromatic nitrogens is 1. The minimum atomic E-state index is -3.72. The van der Waals surface area contributed by atoms with Crippen LogP contribution in [-0.2, 0) is 14.8 Å². The molecule has 152 valence electrons. The van der Waals surface area contributed by atoms with Crippen molar-refractivity contribution in [2.45, 2.75) is 56.9 Å². The molecule has 9 heteroatoms. The Balaban J connectivity index is 1.96. The van der Waals surface area contributed by atoms with Gasteiger partial charge in [-0.25, -0.2) is 18.1 Å². The molecule has 1 saturated carbocycles. The van der Waals surface area contributed by atoms with Gasteiger partial charge in [0.2, 0.25) is 15.9 Å². The lowest BCUT2D eigenvalue weighted by Gasteiger charge is -2.23. The third kappa shape index (κ3) is 4.71. The molecular formula is C19H25N3O4S2. The van der Waals surface area contributed by atoms with E-state index < -0.39 is 10.0 Å². The van der Waals surface area contributed by atoms with Crippen molar-refractivity contribution in [2.75, 3.05) is 12.4 Å². The fourth-order valence-corrected chi connectivity index (χ4v) is 5.91. The van der Waals surface area contributed by atoms with E-state index in [0.29, 0.717) is 10.9 Å². The summed E-state index contributed by atoms with van der Waals surface area (Å²) >= 11 is 1.31. The summed E-state index contributed by atoms with van der Waals surface area (Å²) in [6, 6.07) is 5.03. The van der Waals surface area contributed by atoms with Crippen LogP contribution in [0.5, 0.6) is 5.75 Å². The number of nitrogens with zero attached hydrogens (tertiary/aromatic N) is 1. The molecule has 2 aromatic rings. The van der Waals surface area contributed by atoms with Gasteiger partial charge in [0.25, 0.3) is 0 Å². The number of sulfonamides is 1. The number of benzene rings is 1. The number of rotatable bonds is 6. The molecule has 1 heterocycles. The van der Waals surface area contributed by atoms with Crippen molar-refractivity contribution in [3.63, 3.8) is 0 Å². The quantitative estimate of drug-likeness (QED) is 0.738. The molecule has 3 rings (SSSR count). The number of anilines is 1. The summed E-state index contributed by atoms with van der Waals surface area (Å²) in [6.07, 6.45) is 4.94. The number of amides is 1. The fraction of sp³-hybridized carbons (Fsp3) is 0.474. The Morgan fingerprint density at radius 2 is 1.96 bits per heavy atom. The van der Waals surface area contributed by atoms with Gasteiger partial charge in [0.15, 0.2) is 5.13 Å². The molecule has 0 unspecified atom stereocenters. The van der Waals surface area contributed by atoms with Gasteiger partial charge in [0.1, 0.15) is 10.6 Å². The summed E-state index contributed by atoms with van der Waals surface area (Å²) in [5.41, 5.74) is 1.44. The predicted molar refractivity (Wildman–Crippen MR) is 110 cm³/mol. The summed E-state index contributed by atoms with van der Waals surface area (Å²) in [5.74, 6) is 0.103. The number of nitrogens with one attached hydrogen (secondary N) is 2. The lowest BCUT2D eigenvalue weighted by Crippen LogP contribution is -2.36. The zero-order valence-corrected chi connectivity index (χ0v) is 17.9. The van der Waals surface area contributed by atoms with E-state index in [1.165, 1.54) is 25.4 Å². The summed E-state index contributed by atoms with van der Waals surface area (Å²) in [5, 5.41) is 3.16. The van der Waals surface area contributed by atoms with Crippen molar-refractivity contribution in [1.29, 1.82) is 0 Å². The van der Waals surface area contributed by atoms with Gasteiger partial charge in [-0.1, -0.05) is 30.6 Å². The van der Waals surface area contributed by atoms with E-state index >= 15 is 0 Å². The van der Waals surface area contributed by atoms with Crippen LogP contribution in [0.25, 0.3) is 10.4 Å². The van der Waals surface area contributed by atoms with Gasteiger partial charge in [0.05, 0.1) is 17.7 Å². The Hall–Kier alpha value is -1.97. The number of methoxy groups -OCH3 is 1. The third-order valence-electron chi connectivity index (χ3n) is 4.72. The molecule has 0 spiro atoms. The van der Waals surface area contributed by atoms with Crippen molar-refractivity contribution in [3.05, 3.63) is 23.9 Å². The Kier molecular flexibility index (Phi) is 6.36. The first-order valence-corrected chi connectivity index (χ1v) is 11.6. The van der Waals surface area contributed by atoms with Gasteiger partial charge in [-0.15, -0.1) is 0 Å². The van der Waals surface area contributed by atoms with Crippen LogP contribution in [0.4, 0.5) is 5.13 Å². The topological polar surface area (TPSA) is 97.4 Å². The molecule has 0 aliphatic heterocycles. The second kappa shape index (κ2) is 8.59. The van der Waals surface area contributed by atoms with Crippen LogP contribution in [0.3, 0.4) is 0 Å². The van der Waals surface area contributed by atoms with Gasteiger partial charge in [-0.05, 0) is 43.5 Å². The molecule has 7 nitrogen and oxygen atoms in total. The lowest BCUT2D eigenvalue weighted by atomic mass is 9.96. The molecule has 1 fully saturated rings. The van der Waals surface area contributed by atoms with Crippen molar-refractivity contribution in [1.82, 2.24) is 9.71 Å². The van der Waals surface area contributed by atoms with Crippen molar-refractivity contribution in [3.8, 4) is 16.2 Å². The summed E-state index contributed by atoms with van der Waals surface area (Å²) in [7, 11) is -2.26. The SMILES string of the molecule is COc1ccc(-c2sc(NC(C)=O)nc2C)cc1S(=O)(=O)NC1CCCCC1. The molecule has 1 aliphatic rings. The number of ether oxygens (including phenoxy) is 1. The molecule has 0 radical (unpaired) electrons. The number of aryl methyl sites for hydroxylation is 1. The maximum Gasteiger partial charge on any atom is 0.244 e. The van der Waals surface area contributed by atoms with Gasteiger partial charge >= 0.3 is 0 Å². The smallest absolute Gasteiger partial charge is 0.244 e. The zero-order valence-electron chi connectivity index (χ0n) is 16.2. The van der Waals surface area contributed by atoms with Gasteiger partial charge in [0, 0.05) is 13.0 Å². The molecular weight excluding hydrogens is 398 g/mol. The van der Waals surface area contributed by atoms with E-state index in [2.05, 4.69) is 15.0 Å². The first kappa shape index (κ1) is 20.8. The van der Waals surface area contributed by atoms with Crippen LogP contribution in [0, 0.1) is 6.92 Å². The van der Waals surface area contributed by atoms with E-state index in [-0.39, 0.29) is 16.8 Å². The summed E-state index contributed by atoms with van der Waals surface area (Å²) in [6.45, 7) is 3.25. The second-order valence-electron chi connectivity index (χ2n) is 6.94. The number of carbonyl (C=O) groups is 1. The highest BCUT2D eigenvalue weighted by atomic mass is 32.2. The number of thiazole rings is 1. The number of hydrogen-bond acceptors (Lipinski definition) is 6. The highest BCUT2D eigenvalue weighted by Crippen LogP contribution is 2.36. The fourth-order valence-electron chi connectivity index (χ4n) is 3.40. The van der Waals surface area contributed by atoms with E-state index in [1.807, 2.05) is 6.92 Å². The summed E-state index contributed by atoms with van der Waals surface area (Å²) in [4.78, 5) is 16.5. The van der Waals surface area contributed by atoms with Crippen LogP contribution < -0.4 is 14.8 Å². The van der Waals surface area contributed by atoms with Crippen molar-refractivity contribution in [2.24, 2.45) is 0 Å². The maximum atomic E-state index is 13.0. The average Bonchev–Trinajstić information content (AvgIpc) is 3.01. The van der Waals surface area contributed by atoms with Gasteiger partial charge < -0.3 is 10.1 Å². The van der Waals surface area contributed by atoms with Crippen LogP contribution in [0.1, 0.15) is 44.7 Å². The first-order valence-electron chi connectivity index (χ1n) is 9.26. The molecule has 2 N–H and O–H groups in total. The average molecular weight is 424 g/mol. The summed E-state index contributed by atoms with van der Waals surface area (Å²) < 4.78 is 34.2. The Morgan fingerprint density at radius 3 is 2.61 bits per heavy atom. The molecule has 1 aromatic carbocycles. The highest BCUT2D eigenvalue weighted by Gasteiger charge is 2.26. The normalized spacial score (nSPS) is 15.4. The van der Waals surface area contributed by atoms with Crippen LogP contribution in [0.2, 0.25) is 0 Å². The lowest BCUT2D eigenvalue weighted by molar-refractivity contribution is -0.114. The molecule has 0 atom stereocenters. The molecule has 0 bridgehead atoms. The molecule has 0 saturated heterocycles. The molecule has 28 heavy (non-hydrogen) atoms. The third-order valence-corrected chi connectivity index (χ3v) is 7.39. The minimum absolute atomic E-state index is 0.0383. The Labute approximate surface area is 169 Å². The largest absolute Gasteiger partial charge is 0.495 e. The van der Waals surface area contributed by atoms with Crippen LogP contribution in [-0.4, -0.2) is 32.5 Å². The zero-order chi connectivity index (χ0) is 20.3. The van der Waals surface area contributed by atoms with Crippen LogP contribution >= 0.6 is 11.3 Å². The molecule has 1 aliphatic carbocycles. The first-order chi connectivity index (χ1) is 13.3. The minimum Gasteiger partial charge on any atom is -0.495 e. The predicted octanol–water partition coefficient (Wildman–Crippen LogP) is 3.70.